The molecule has 2 aromatic rings. The predicted molar refractivity (Wildman–Crippen MR) is 117 cm³/mol. The molecule has 0 aromatic heterocycles. The van der Waals surface area contributed by atoms with Crippen molar-refractivity contribution < 1.29 is 19.2 Å². The highest BCUT2D eigenvalue weighted by molar-refractivity contribution is 7.81. The van der Waals surface area contributed by atoms with Gasteiger partial charge in [0.1, 0.15) is 12.4 Å². The summed E-state index contributed by atoms with van der Waals surface area (Å²) in [6, 6.07) is 10.6. The van der Waals surface area contributed by atoms with Crippen LogP contribution < -0.4 is 9.64 Å². The fourth-order valence-electron chi connectivity index (χ4n) is 4.26. The number of benzene rings is 2. The summed E-state index contributed by atoms with van der Waals surface area (Å²) in [5, 5.41) is 11.1. The number of nitro groups is 1. The molecule has 0 bridgehead atoms. The van der Waals surface area contributed by atoms with Gasteiger partial charge < -0.3 is 14.4 Å². The summed E-state index contributed by atoms with van der Waals surface area (Å²) in [5.74, 6) is 0.271. The van der Waals surface area contributed by atoms with Gasteiger partial charge in [-0.05, 0) is 55.3 Å². The second kappa shape index (κ2) is 7.05. The van der Waals surface area contributed by atoms with Gasteiger partial charge in [0, 0.05) is 30.4 Å². The molecule has 0 N–H and O–H groups in total. The van der Waals surface area contributed by atoms with Gasteiger partial charge in [-0.3, -0.25) is 14.9 Å². The van der Waals surface area contributed by atoms with Crippen molar-refractivity contribution in [2.45, 2.75) is 31.6 Å². The molecule has 0 amide bonds. The van der Waals surface area contributed by atoms with E-state index in [1.807, 2.05) is 37.4 Å². The number of nitrogens with zero attached hydrogens (tertiary/aromatic N) is 2. The van der Waals surface area contributed by atoms with Gasteiger partial charge in [0.05, 0.1) is 16.1 Å². The lowest BCUT2D eigenvalue weighted by Crippen LogP contribution is -2.58. The Hall–Kier alpha value is -3.00. The molecule has 0 saturated heterocycles. The highest BCUT2D eigenvalue weighted by atomic mass is 32.1. The zero-order valence-electron chi connectivity index (χ0n) is 16.9. The van der Waals surface area contributed by atoms with Crippen molar-refractivity contribution in [2.75, 3.05) is 17.7 Å². The summed E-state index contributed by atoms with van der Waals surface area (Å²) in [6.07, 6.45) is 3.84. The second-order valence-electron chi connectivity index (χ2n) is 7.97. The molecule has 4 rings (SSSR count). The van der Waals surface area contributed by atoms with Gasteiger partial charge in [0.25, 0.3) is 5.69 Å². The first-order valence-corrected chi connectivity index (χ1v) is 10.1. The first-order valence-electron chi connectivity index (χ1n) is 9.50. The average Bonchev–Trinajstić information content (AvgIpc) is 2.89. The summed E-state index contributed by atoms with van der Waals surface area (Å²) in [5.41, 5.74) is 2.43. The van der Waals surface area contributed by atoms with Crippen LogP contribution in [0.5, 0.6) is 5.75 Å². The first-order chi connectivity index (χ1) is 14.2. The number of fused-ring (bicyclic) bond motifs is 2. The van der Waals surface area contributed by atoms with Gasteiger partial charge in [0.2, 0.25) is 5.72 Å². The Balaban J connectivity index is 1.71. The van der Waals surface area contributed by atoms with E-state index in [9.17, 15) is 14.9 Å². The number of hydrogen-bond donors (Lipinski definition) is 1. The van der Waals surface area contributed by atoms with Crippen molar-refractivity contribution in [3.8, 4) is 5.75 Å². The van der Waals surface area contributed by atoms with Crippen LogP contribution in [0.3, 0.4) is 0 Å². The Bertz CT molecular complexity index is 1080. The molecular formula is C22H22N2O5S. The van der Waals surface area contributed by atoms with Crippen LogP contribution in [0.2, 0.25) is 0 Å². The minimum atomic E-state index is -0.793. The molecule has 7 nitrogen and oxygen atoms in total. The Kier molecular flexibility index (Phi) is 4.77. The number of carbonyl (C=O) groups is 1. The standard InChI is InChI=1S/C22H22N2O5S/c1-21(2)17-10-14(12-28-20(25)13-30)4-6-18(17)23(3)22(21)9-8-15-11-16(24(26)27)5-7-19(15)29-22/h4-11,30H,12-13H2,1-3H3. The molecule has 8 heteroatoms. The van der Waals surface area contributed by atoms with E-state index < -0.39 is 16.1 Å². The van der Waals surface area contributed by atoms with Crippen LogP contribution in [0.4, 0.5) is 11.4 Å². The first kappa shape index (κ1) is 20.3. The van der Waals surface area contributed by atoms with Crippen LogP contribution >= 0.6 is 12.6 Å². The molecule has 1 atom stereocenters. The number of non-ortho nitro benzene ring substituents is 1. The zero-order valence-corrected chi connectivity index (χ0v) is 17.8. The quantitative estimate of drug-likeness (QED) is 0.343. The number of anilines is 1. The zero-order chi connectivity index (χ0) is 21.7. The van der Waals surface area contributed by atoms with E-state index in [-0.39, 0.29) is 24.0 Å². The molecule has 2 aromatic carbocycles. The predicted octanol–water partition coefficient (Wildman–Crippen LogP) is 4.10. The SMILES string of the molecule is CN1c2ccc(COC(=O)CS)cc2C(C)(C)C12C=Cc1cc([N+](=O)[O-])ccc1O2. The van der Waals surface area contributed by atoms with Gasteiger partial charge in [-0.2, -0.15) is 12.6 Å². The van der Waals surface area contributed by atoms with E-state index in [4.69, 9.17) is 9.47 Å². The summed E-state index contributed by atoms with van der Waals surface area (Å²) in [6.45, 7) is 4.38. The summed E-state index contributed by atoms with van der Waals surface area (Å²) in [7, 11) is 1.97. The molecule has 1 spiro atoms. The van der Waals surface area contributed by atoms with Crippen LogP contribution in [0.1, 0.15) is 30.5 Å². The summed E-state index contributed by atoms with van der Waals surface area (Å²) in [4.78, 5) is 24.2. The smallest absolute Gasteiger partial charge is 0.315 e. The minimum absolute atomic E-state index is 0.0284. The molecule has 156 valence electrons. The van der Waals surface area contributed by atoms with Crippen molar-refractivity contribution in [3.63, 3.8) is 0 Å². The van der Waals surface area contributed by atoms with Crippen molar-refractivity contribution >= 4 is 36.0 Å². The molecule has 0 aliphatic carbocycles. The number of ether oxygens (including phenoxy) is 2. The van der Waals surface area contributed by atoms with Crippen molar-refractivity contribution in [1.29, 1.82) is 0 Å². The van der Waals surface area contributed by atoms with Gasteiger partial charge in [-0.15, -0.1) is 0 Å². The maximum atomic E-state index is 11.4. The largest absolute Gasteiger partial charge is 0.463 e. The number of esters is 1. The lowest BCUT2D eigenvalue weighted by atomic mass is 9.76. The lowest BCUT2D eigenvalue weighted by Gasteiger charge is -2.45. The Morgan fingerprint density at radius 3 is 2.73 bits per heavy atom. The number of hydrogen-bond acceptors (Lipinski definition) is 7. The van der Waals surface area contributed by atoms with Gasteiger partial charge in [-0.25, -0.2) is 0 Å². The molecule has 0 saturated carbocycles. The third-order valence-electron chi connectivity index (χ3n) is 5.98. The van der Waals surface area contributed by atoms with E-state index in [0.717, 1.165) is 16.8 Å². The van der Waals surface area contributed by atoms with E-state index >= 15 is 0 Å². The summed E-state index contributed by atoms with van der Waals surface area (Å²) >= 11 is 3.93. The maximum Gasteiger partial charge on any atom is 0.315 e. The molecule has 2 aliphatic heterocycles. The molecule has 30 heavy (non-hydrogen) atoms. The van der Waals surface area contributed by atoms with Gasteiger partial charge >= 0.3 is 5.97 Å². The molecule has 2 aliphatic rings. The van der Waals surface area contributed by atoms with E-state index in [1.165, 1.54) is 12.1 Å². The van der Waals surface area contributed by atoms with Crippen LogP contribution in [-0.2, 0) is 21.6 Å². The normalized spacial score (nSPS) is 20.5. The number of likely N-dealkylation sites (N-methyl/N-ethyl adjacent to an activating group) is 1. The van der Waals surface area contributed by atoms with Crippen LogP contribution in [-0.4, -0.2) is 29.4 Å². The number of carbonyl (C=O) groups excluding carboxylic acids is 1. The fourth-order valence-corrected chi connectivity index (χ4v) is 4.35. The third kappa shape index (κ3) is 2.94. The van der Waals surface area contributed by atoms with Crippen molar-refractivity contribution in [3.05, 3.63) is 69.3 Å². The van der Waals surface area contributed by atoms with Gasteiger partial charge in [0.15, 0.2) is 0 Å². The number of nitro benzene ring substituents is 1. The minimum Gasteiger partial charge on any atom is -0.463 e. The Morgan fingerprint density at radius 2 is 2.03 bits per heavy atom. The molecule has 2 heterocycles. The second-order valence-corrected chi connectivity index (χ2v) is 8.28. The monoisotopic (exact) mass is 426 g/mol. The Labute approximate surface area is 179 Å². The van der Waals surface area contributed by atoms with Crippen molar-refractivity contribution in [2.24, 2.45) is 0 Å². The van der Waals surface area contributed by atoms with E-state index in [2.05, 4.69) is 31.4 Å². The van der Waals surface area contributed by atoms with Crippen molar-refractivity contribution in [1.82, 2.24) is 0 Å². The summed E-state index contributed by atoms with van der Waals surface area (Å²) < 4.78 is 11.7. The van der Waals surface area contributed by atoms with Crippen LogP contribution in [0, 0.1) is 10.1 Å². The van der Waals surface area contributed by atoms with E-state index in [1.54, 1.807) is 6.07 Å². The highest BCUT2D eigenvalue weighted by Crippen LogP contribution is 2.54. The third-order valence-corrected chi connectivity index (χ3v) is 6.24. The number of rotatable bonds is 4. The Morgan fingerprint density at radius 1 is 1.27 bits per heavy atom. The lowest BCUT2D eigenvalue weighted by molar-refractivity contribution is -0.384. The fraction of sp³-hybridized carbons (Fsp3) is 0.318. The molecule has 1 unspecified atom stereocenters. The molecule has 0 radical (unpaired) electrons. The maximum absolute atomic E-state index is 11.4. The average molecular weight is 426 g/mol. The van der Waals surface area contributed by atoms with Crippen LogP contribution in [0.25, 0.3) is 6.08 Å². The van der Waals surface area contributed by atoms with Crippen LogP contribution in [0.15, 0.2) is 42.5 Å². The number of thiol groups is 1. The highest BCUT2D eigenvalue weighted by Gasteiger charge is 2.57. The van der Waals surface area contributed by atoms with Gasteiger partial charge in [-0.1, -0.05) is 6.07 Å². The molecular weight excluding hydrogens is 404 g/mol. The van der Waals surface area contributed by atoms with E-state index in [0.29, 0.717) is 11.3 Å². The molecule has 0 fully saturated rings. The topological polar surface area (TPSA) is 81.9 Å².